The van der Waals surface area contributed by atoms with E-state index in [0.717, 1.165) is 28.4 Å². The molecule has 106 heavy (non-hydrogen) atoms. The van der Waals surface area contributed by atoms with E-state index >= 15 is 0 Å². The molecule has 4 aliphatic rings. The number of hydrogen-bond donors (Lipinski definition) is 0. The summed E-state index contributed by atoms with van der Waals surface area (Å²) in [5.74, 6) is 0. The summed E-state index contributed by atoms with van der Waals surface area (Å²) in [5.41, 5.74) is 37.3. The zero-order chi connectivity index (χ0) is 71.3. The summed E-state index contributed by atoms with van der Waals surface area (Å²) in [6.45, 7) is 19.3. The van der Waals surface area contributed by atoms with Crippen molar-refractivity contribution < 1.29 is 0 Å². The van der Waals surface area contributed by atoms with E-state index in [1.54, 1.807) is 0 Å². The van der Waals surface area contributed by atoms with E-state index in [2.05, 4.69) is 381 Å². The second-order valence-corrected chi connectivity index (χ2v) is 33.9. The molecule has 0 saturated carbocycles. The first kappa shape index (κ1) is 62.9. The first-order valence-corrected chi connectivity index (χ1v) is 39.0. The highest BCUT2D eigenvalue weighted by atomic mass is 32.1. The van der Waals surface area contributed by atoms with Crippen molar-refractivity contribution in [1.82, 2.24) is 0 Å². The molecule has 17 aromatic rings. The maximum atomic E-state index is 2.54. The van der Waals surface area contributed by atoms with Crippen LogP contribution in [-0.4, -0.2) is 0 Å². The Labute approximate surface area is 628 Å². The normalized spacial score (nSPS) is 14.7. The predicted molar refractivity (Wildman–Crippen MR) is 454 cm³/mol. The molecule has 0 aliphatic heterocycles. The van der Waals surface area contributed by atoms with Crippen molar-refractivity contribution in [2.45, 2.75) is 77.0 Å². The van der Waals surface area contributed by atoms with Crippen molar-refractivity contribution in [1.29, 1.82) is 0 Å². The quantitative estimate of drug-likeness (QED) is 0.135. The number of benzene rings is 15. The summed E-state index contributed by atoms with van der Waals surface area (Å²) in [6.07, 6.45) is 0. The first-order chi connectivity index (χ1) is 51.6. The van der Waals surface area contributed by atoms with Gasteiger partial charge in [0.1, 0.15) is 0 Å². The van der Waals surface area contributed by atoms with Gasteiger partial charge in [-0.1, -0.05) is 286 Å². The van der Waals surface area contributed by atoms with Crippen LogP contribution in [0.25, 0.3) is 129 Å². The molecule has 506 valence electrons. The summed E-state index contributed by atoms with van der Waals surface area (Å²) in [5, 5.41) is 5.15. The molecule has 0 bridgehead atoms. The van der Waals surface area contributed by atoms with Crippen LogP contribution in [0.5, 0.6) is 0 Å². The highest BCUT2D eigenvalue weighted by molar-refractivity contribution is 7.26. The summed E-state index contributed by atoms with van der Waals surface area (Å²) in [6, 6.07) is 120. The second kappa shape index (κ2) is 22.9. The molecule has 4 aliphatic carbocycles. The maximum Gasteiger partial charge on any atom is 0.0640 e. The van der Waals surface area contributed by atoms with E-state index in [9.17, 15) is 0 Å². The smallest absolute Gasteiger partial charge is 0.0640 e. The number of hydrogen-bond acceptors (Lipinski definition) is 4. The van der Waals surface area contributed by atoms with Crippen LogP contribution in [0.15, 0.2) is 315 Å². The average molecular weight is 1390 g/mol. The molecule has 2 nitrogen and oxygen atoms in total. The summed E-state index contributed by atoms with van der Waals surface area (Å²) >= 11 is 3.76. The SMILES string of the molecule is CC1(C)c2ccccc2-c2cc(N(c3ccc4sc5ccccc5c4c3)c3ccccc3-c3cccc4c3-c3ccc(-c5ccc6c(c5)C(C)(C)c5c(-c7ccc(N(c8ccccc8-c8cccc9c8-c8ccccc8C9(C)C)c8cccc9c8sc8ccccc89)cc7)cccc5-6)cc3C4(C)C)ccc21. The molecule has 4 heteroatoms. The highest BCUT2D eigenvalue weighted by Gasteiger charge is 2.42. The van der Waals surface area contributed by atoms with Crippen LogP contribution in [0.1, 0.15) is 99.9 Å². The average Bonchev–Trinajstić information content (AvgIpc) is 1.52. The van der Waals surface area contributed by atoms with Gasteiger partial charge in [0, 0.05) is 85.5 Å². The Morgan fingerprint density at radius 2 is 0.632 bits per heavy atom. The van der Waals surface area contributed by atoms with Crippen molar-refractivity contribution in [3.63, 3.8) is 0 Å². The van der Waals surface area contributed by atoms with Gasteiger partial charge in [0.2, 0.25) is 0 Å². The number of anilines is 6. The third-order valence-corrected chi connectivity index (χ3v) is 27.0. The Morgan fingerprint density at radius 3 is 1.33 bits per heavy atom. The largest absolute Gasteiger partial charge is 0.310 e. The minimum absolute atomic E-state index is 0.106. The molecule has 2 heterocycles. The van der Waals surface area contributed by atoms with Crippen LogP contribution in [0.4, 0.5) is 34.1 Å². The summed E-state index contributed by atoms with van der Waals surface area (Å²) in [7, 11) is 0. The van der Waals surface area contributed by atoms with E-state index in [1.807, 2.05) is 22.7 Å². The Bertz CT molecular complexity index is 6600. The molecular formula is C102H76N2S2. The number of rotatable bonds is 10. The fourth-order valence-corrected chi connectivity index (χ4v) is 21.8. The van der Waals surface area contributed by atoms with Crippen molar-refractivity contribution in [2.24, 2.45) is 0 Å². The molecule has 0 N–H and O–H groups in total. The van der Waals surface area contributed by atoms with Crippen LogP contribution >= 0.6 is 22.7 Å². The minimum atomic E-state index is -0.298. The van der Waals surface area contributed by atoms with Crippen molar-refractivity contribution in [2.75, 3.05) is 9.80 Å². The number of nitrogens with zero attached hydrogens (tertiary/aromatic N) is 2. The van der Waals surface area contributed by atoms with Crippen LogP contribution in [0.2, 0.25) is 0 Å². The highest BCUT2D eigenvalue weighted by Crippen LogP contribution is 2.60. The molecule has 0 atom stereocenters. The predicted octanol–water partition coefficient (Wildman–Crippen LogP) is 29.3. The van der Waals surface area contributed by atoms with Crippen LogP contribution < -0.4 is 9.80 Å². The first-order valence-electron chi connectivity index (χ1n) is 37.4. The van der Waals surface area contributed by atoms with E-state index in [-0.39, 0.29) is 21.7 Å². The lowest BCUT2D eigenvalue weighted by Gasteiger charge is -2.30. The molecule has 0 amide bonds. The molecule has 0 fully saturated rings. The van der Waals surface area contributed by atoms with E-state index < -0.39 is 0 Å². The minimum Gasteiger partial charge on any atom is -0.310 e. The zero-order valence-electron chi connectivity index (χ0n) is 60.7. The fourth-order valence-electron chi connectivity index (χ4n) is 19.5. The molecule has 21 rings (SSSR count). The third kappa shape index (κ3) is 9.01. The Morgan fingerprint density at radius 1 is 0.217 bits per heavy atom. The molecule has 2 aromatic heterocycles. The zero-order valence-corrected chi connectivity index (χ0v) is 62.4. The van der Waals surface area contributed by atoms with Gasteiger partial charge >= 0.3 is 0 Å². The Hall–Kier alpha value is -11.7. The lowest BCUT2D eigenvalue weighted by atomic mass is 9.78. The van der Waals surface area contributed by atoms with Gasteiger partial charge in [0.05, 0.1) is 21.8 Å². The van der Waals surface area contributed by atoms with Gasteiger partial charge in [-0.25, -0.2) is 0 Å². The van der Waals surface area contributed by atoms with Gasteiger partial charge in [0.25, 0.3) is 0 Å². The van der Waals surface area contributed by atoms with Gasteiger partial charge in [-0.3, -0.25) is 0 Å². The van der Waals surface area contributed by atoms with Gasteiger partial charge in [-0.05, 0) is 207 Å². The molecular weight excluding hydrogens is 1320 g/mol. The second-order valence-electron chi connectivity index (χ2n) is 31.8. The van der Waals surface area contributed by atoms with E-state index in [4.69, 9.17) is 0 Å². The maximum absolute atomic E-state index is 2.54. The molecule has 0 spiro atoms. The van der Waals surface area contributed by atoms with Gasteiger partial charge in [-0.2, -0.15) is 0 Å². The lowest BCUT2D eigenvalue weighted by molar-refractivity contribution is 0.660. The van der Waals surface area contributed by atoms with Crippen LogP contribution in [0, 0.1) is 0 Å². The molecule has 15 aromatic carbocycles. The number of fused-ring (bicyclic) bond motifs is 18. The van der Waals surface area contributed by atoms with Crippen LogP contribution in [-0.2, 0) is 21.7 Å². The number of para-hydroxylation sites is 2. The lowest BCUT2D eigenvalue weighted by Crippen LogP contribution is -2.16. The van der Waals surface area contributed by atoms with E-state index in [1.165, 1.54) is 180 Å². The van der Waals surface area contributed by atoms with Crippen molar-refractivity contribution in [3.8, 4) is 89.0 Å². The number of thiophene rings is 2. The Kier molecular flexibility index (Phi) is 13.6. The standard InChI is InChI=1S/C102H76N2S2/c1-99(2)82-36-15-9-25-68(82)80-59-65(51-55-84(80)99)103(66-52-56-94-81(60-66)73-29-14-19-43-92(73)105-94)89-40-17-11-26-70(89)74-32-23-39-86-96(74)79-54-48-63(58-88(79)101(86,5)6)62-47-53-69-76-34-21-31-67(97(76)102(7,8)87(69)57-62)61-45-49-64(50-46-61)104(91-42-24-35-77-72-28-13-20-44-93(72)106-98(77)91)90-41-18-12-27-71(90)75-33-22-38-85-95(75)78-30-10-16-37-83(78)100(85,3)4/h9-60H,1-8H3. The van der Waals surface area contributed by atoms with Gasteiger partial charge in [-0.15, -0.1) is 22.7 Å². The topological polar surface area (TPSA) is 6.48 Å². The monoisotopic (exact) mass is 1390 g/mol. The molecule has 0 unspecified atom stereocenters. The molecule has 0 radical (unpaired) electrons. The summed E-state index contributed by atoms with van der Waals surface area (Å²) < 4.78 is 5.17. The van der Waals surface area contributed by atoms with E-state index in [0.29, 0.717) is 0 Å². The third-order valence-electron chi connectivity index (χ3n) is 24.7. The van der Waals surface area contributed by atoms with Crippen LogP contribution in [0.3, 0.4) is 0 Å². The Balaban J connectivity index is 0.642. The van der Waals surface area contributed by atoms with Crippen molar-refractivity contribution >= 4 is 97.1 Å². The fraction of sp³-hybridized carbons (Fsp3) is 0.118. The molecule has 0 saturated heterocycles. The summed E-state index contributed by atoms with van der Waals surface area (Å²) in [4.78, 5) is 5.07. The van der Waals surface area contributed by atoms with Gasteiger partial charge < -0.3 is 9.80 Å². The van der Waals surface area contributed by atoms with Gasteiger partial charge in [0.15, 0.2) is 0 Å². The van der Waals surface area contributed by atoms with Crippen molar-refractivity contribution in [3.05, 3.63) is 360 Å².